The molecular formula is C17H32N4. The van der Waals surface area contributed by atoms with Gasteiger partial charge in [0.1, 0.15) is 0 Å². The van der Waals surface area contributed by atoms with E-state index in [4.69, 9.17) is 4.99 Å². The summed E-state index contributed by atoms with van der Waals surface area (Å²) >= 11 is 0. The lowest BCUT2D eigenvalue weighted by Crippen LogP contribution is -2.43. The van der Waals surface area contributed by atoms with Gasteiger partial charge in [-0.05, 0) is 70.5 Å². The van der Waals surface area contributed by atoms with Gasteiger partial charge in [-0.15, -0.1) is 0 Å². The molecule has 0 atom stereocenters. The number of aliphatic imine (C=N–C) groups is 1. The maximum absolute atomic E-state index is 4.98. The SMILES string of the molecule is CCNC(=NCC1CCN(C)CC1)N1CCC2(CCC2)C1. The summed E-state index contributed by atoms with van der Waals surface area (Å²) in [6.45, 7) is 9.11. The Kier molecular flexibility index (Phi) is 4.72. The molecule has 1 saturated carbocycles. The fourth-order valence-corrected chi connectivity index (χ4v) is 4.09. The predicted octanol–water partition coefficient (Wildman–Crippen LogP) is 2.17. The monoisotopic (exact) mass is 292 g/mol. The number of nitrogens with one attached hydrogen (secondary N) is 1. The van der Waals surface area contributed by atoms with Gasteiger partial charge >= 0.3 is 0 Å². The standard InChI is InChI=1S/C17H32N4/c1-3-18-16(19-13-15-5-10-20(2)11-6-15)21-12-9-17(14-21)7-4-8-17/h15H,3-14H2,1-2H3,(H,18,19). The third-order valence-electron chi connectivity index (χ3n) is 5.82. The molecule has 0 unspecified atom stereocenters. The zero-order chi connectivity index (χ0) is 14.7. The summed E-state index contributed by atoms with van der Waals surface area (Å²) in [5.41, 5.74) is 0.656. The van der Waals surface area contributed by atoms with E-state index in [1.165, 1.54) is 70.7 Å². The van der Waals surface area contributed by atoms with Crippen LogP contribution in [0.1, 0.15) is 45.4 Å². The van der Waals surface area contributed by atoms with Crippen LogP contribution < -0.4 is 5.32 Å². The lowest BCUT2D eigenvalue weighted by atomic mass is 9.68. The Labute approximate surface area is 130 Å². The molecule has 3 fully saturated rings. The zero-order valence-corrected chi connectivity index (χ0v) is 13.9. The summed E-state index contributed by atoms with van der Waals surface area (Å²) in [6, 6.07) is 0. The first-order valence-corrected chi connectivity index (χ1v) is 8.93. The van der Waals surface area contributed by atoms with Crippen molar-refractivity contribution in [2.75, 3.05) is 46.3 Å². The van der Waals surface area contributed by atoms with Crippen LogP contribution in [0, 0.1) is 11.3 Å². The quantitative estimate of drug-likeness (QED) is 0.639. The van der Waals surface area contributed by atoms with Crippen molar-refractivity contribution >= 4 is 5.96 Å². The van der Waals surface area contributed by atoms with Crippen LogP contribution in [0.3, 0.4) is 0 Å². The van der Waals surface area contributed by atoms with E-state index in [1.54, 1.807) is 0 Å². The number of hydrogen-bond donors (Lipinski definition) is 1. The van der Waals surface area contributed by atoms with Gasteiger partial charge in [-0.1, -0.05) is 6.42 Å². The molecule has 4 nitrogen and oxygen atoms in total. The van der Waals surface area contributed by atoms with Crippen LogP contribution in [-0.2, 0) is 0 Å². The fourth-order valence-electron chi connectivity index (χ4n) is 4.09. The summed E-state index contributed by atoms with van der Waals surface area (Å²) in [4.78, 5) is 9.94. The van der Waals surface area contributed by atoms with Gasteiger partial charge in [0.2, 0.25) is 0 Å². The summed E-state index contributed by atoms with van der Waals surface area (Å²) in [6.07, 6.45) is 8.32. The lowest BCUT2D eigenvalue weighted by Gasteiger charge is -2.38. The number of piperidine rings is 1. The van der Waals surface area contributed by atoms with E-state index in [2.05, 4.69) is 29.1 Å². The van der Waals surface area contributed by atoms with Crippen LogP contribution in [0.4, 0.5) is 0 Å². The van der Waals surface area contributed by atoms with E-state index < -0.39 is 0 Å². The van der Waals surface area contributed by atoms with E-state index in [0.717, 1.165) is 19.0 Å². The van der Waals surface area contributed by atoms with Gasteiger partial charge in [-0.3, -0.25) is 4.99 Å². The van der Waals surface area contributed by atoms with Gasteiger partial charge in [0, 0.05) is 26.2 Å². The van der Waals surface area contributed by atoms with Crippen molar-refractivity contribution < 1.29 is 0 Å². The van der Waals surface area contributed by atoms with Gasteiger partial charge in [0.05, 0.1) is 0 Å². The minimum absolute atomic E-state index is 0.656. The normalized spacial score (nSPS) is 27.1. The van der Waals surface area contributed by atoms with Crippen molar-refractivity contribution in [2.24, 2.45) is 16.3 Å². The predicted molar refractivity (Wildman–Crippen MR) is 88.7 cm³/mol. The van der Waals surface area contributed by atoms with E-state index in [-0.39, 0.29) is 0 Å². The lowest BCUT2D eigenvalue weighted by molar-refractivity contribution is 0.151. The first-order chi connectivity index (χ1) is 10.2. The van der Waals surface area contributed by atoms with E-state index >= 15 is 0 Å². The topological polar surface area (TPSA) is 30.9 Å². The average molecular weight is 292 g/mol. The molecular weight excluding hydrogens is 260 g/mol. The number of hydrogen-bond acceptors (Lipinski definition) is 2. The van der Waals surface area contributed by atoms with Crippen LogP contribution in [0.15, 0.2) is 4.99 Å². The molecule has 1 spiro atoms. The molecule has 120 valence electrons. The van der Waals surface area contributed by atoms with Crippen molar-refractivity contribution in [3.8, 4) is 0 Å². The number of likely N-dealkylation sites (tertiary alicyclic amines) is 2. The first-order valence-electron chi connectivity index (χ1n) is 8.93. The van der Waals surface area contributed by atoms with Gasteiger partial charge < -0.3 is 15.1 Å². The molecule has 0 aromatic heterocycles. The molecule has 2 aliphatic heterocycles. The van der Waals surface area contributed by atoms with E-state index in [9.17, 15) is 0 Å². The van der Waals surface area contributed by atoms with Crippen LogP contribution in [0.25, 0.3) is 0 Å². The maximum Gasteiger partial charge on any atom is 0.193 e. The molecule has 0 bridgehead atoms. The van der Waals surface area contributed by atoms with Crippen LogP contribution in [-0.4, -0.2) is 62.1 Å². The Morgan fingerprint density at radius 2 is 1.95 bits per heavy atom. The van der Waals surface area contributed by atoms with Crippen molar-refractivity contribution in [1.82, 2.24) is 15.1 Å². The highest BCUT2D eigenvalue weighted by atomic mass is 15.3. The third kappa shape index (κ3) is 3.53. The molecule has 0 radical (unpaired) electrons. The van der Waals surface area contributed by atoms with E-state index in [1.807, 2.05) is 0 Å². The molecule has 3 aliphatic rings. The van der Waals surface area contributed by atoms with Crippen LogP contribution in [0.2, 0.25) is 0 Å². The zero-order valence-electron chi connectivity index (χ0n) is 13.9. The number of guanidine groups is 1. The molecule has 0 amide bonds. The molecule has 21 heavy (non-hydrogen) atoms. The molecule has 2 saturated heterocycles. The van der Waals surface area contributed by atoms with Crippen molar-refractivity contribution in [1.29, 1.82) is 0 Å². The average Bonchev–Trinajstić information content (AvgIpc) is 2.91. The molecule has 2 heterocycles. The number of rotatable bonds is 3. The van der Waals surface area contributed by atoms with Gasteiger partial charge in [-0.2, -0.15) is 0 Å². The van der Waals surface area contributed by atoms with Crippen LogP contribution >= 0.6 is 0 Å². The number of nitrogens with zero attached hydrogens (tertiary/aromatic N) is 3. The largest absolute Gasteiger partial charge is 0.357 e. The Bertz CT molecular complexity index is 367. The highest BCUT2D eigenvalue weighted by Gasteiger charge is 2.43. The van der Waals surface area contributed by atoms with Crippen molar-refractivity contribution in [2.45, 2.75) is 45.4 Å². The summed E-state index contributed by atoms with van der Waals surface area (Å²) < 4.78 is 0. The molecule has 3 rings (SSSR count). The second kappa shape index (κ2) is 6.55. The van der Waals surface area contributed by atoms with Crippen molar-refractivity contribution in [3.05, 3.63) is 0 Å². The highest BCUT2D eigenvalue weighted by Crippen LogP contribution is 2.47. The Hall–Kier alpha value is -0.770. The molecule has 4 heteroatoms. The maximum atomic E-state index is 4.98. The molecule has 1 N–H and O–H groups in total. The van der Waals surface area contributed by atoms with Gasteiger partial charge in [0.15, 0.2) is 5.96 Å². The minimum Gasteiger partial charge on any atom is -0.357 e. The molecule has 0 aromatic carbocycles. The smallest absolute Gasteiger partial charge is 0.193 e. The van der Waals surface area contributed by atoms with Gasteiger partial charge in [0.25, 0.3) is 0 Å². The van der Waals surface area contributed by atoms with Crippen molar-refractivity contribution in [3.63, 3.8) is 0 Å². The first kappa shape index (κ1) is 15.1. The molecule has 1 aliphatic carbocycles. The Morgan fingerprint density at radius 3 is 2.52 bits per heavy atom. The summed E-state index contributed by atoms with van der Waals surface area (Å²) in [5.74, 6) is 1.97. The summed E-state index contributed by atoms with van der Waals surface area (Å²) in [5, 5.41) is 3.52. The van der Waals surface area contributed by atoms with E-state index in [0.29, 0.717) is 5.41 Å². The molecule has 0 aromatic rings. The summed E-state index contributed by atoms with van der Waals surface area (Å²) in [7, 11) is 2.23. The van der Waals surface area contributed by atoms with Crippen LogP contribution in [0.5, 0.6) is 0 Å². The fraction of sp³-hybridized carbons (Fsp3) is 0.941. The second-order valence-corrected chi connectivity index (χ2v) is 7.47. The Morgan fingerprint density at radius 1 is 1.19 bits per heavy atom. The third-order valence-corrected chi connectivity index (χ3v) is 5.82. The Balaban J connectivity index is 1.55. The second-order valence-electron chi connectivity index (χ2n) is 7.47. The highest BCUT2D eigenvalue weighted by molar-refractivity contribution is 5.80. The minimum atomic E-state index is 0.656. The van der Waals surface area contributed by atoms with Gasteiger partial charge in [-0.25, -0.2) is 0 Å².